The first kappa shape index (κ1) is 56.0. The summed E-state index contributed by atoms with van der Waals surface area (Å²) in [5.74, 6) is -0.906. The summed E-state index contributed by atoms with van der Waals surface area (Å²) in [5.41, 5.74) is 0. The zero-order valence-corrected chi connectivity index (χ0v) is 38.0. The van der Waals surface area contributed by atoms with Crippen molar-refractivity contribution in [3.05, 3.63) is 0 Å². The second kappa shape index (κ2) is 43.1. The topological polar surface area (TPSA) is 149 Å². The van der Waals surface area contributed by atoms with Crippen molar-refractivity contribution in [3.8, 4) is 0 Å². The van der Waals surface area contributed by atoms with Crippen LogP contribution in [0.3, 0.4) is 0 Å². The zero-order chi connectivity index (χ0) is 41.9. The van der Waals surface area contributed by atoms with E-state index >= 15 is 0 Å². The largest absolute Gasteiger partial charge is 0.472 e. The predicted molar refractivity (Wildman–Crippen MR) is 233 cm³/mol. The minimum atomic E-state index is -4.61. The molecule has 3 atom stereocenters. The minimum Gasteiger partial charge on any atom is -0.462 e. The smallest absolute Gasteiger partial charge is 0.462 e. The van der Waals surface area contributed by atoms with E-state index in [4.69, 9.17) is 23.6 Å². The zero-order valence-electron chi connectivity index (χ0n) is 37.1. The molecule has 57 heavy (non-hydrogen) atoms. The van der Waals surface area contributed by atoms with Gasteiger partial charge in [0.25, 0.3) is 0 Å². The molecule has 0 heterocycles. The van der Waals surface area contributed by atoms with E-state index < -0.39 is 51.8 Å². The lowest BCUT2D eigenvalue weighted by atomic mass is 10.0. The second-order valence-electron chi connectivity index (χ2n) is 16.5. The van der Waals surface area contributed by atoms with Gasteiger partial charge < -0.3 is 24.6 Å². The lowest BCUT2D eigenvalue weighted by molar-refractivity contribution is -0.161. The molecule has 0 spiro atoms. The van der Waals surface area contributed by atoms with Gasteiger partial charge in [0.1, 0.15) is 12.7 Å². The molecule has 0 saturated carbocycles. The SMILES string of the molecule is CCCCCCCCCCCCCCCCCCCCCCCC(=O)OC[C@@H](COP(=O)(O)OC[C@H](O)CO)OC(=O)CCCCCCCCCCCCCCC. The molecular weight excluding hydrogens is 743 g/mol. The highest BCUT2D eigenvalue weighted by Crippen LogP contribution is 2.43. The standard InChI is InChI=1S/C46H91O10P/c1-3-5-7-9-11-13-15-17-18-19-20-21-22-23-24-26-27-29-31-33-35-37-45(49)53-41-44(42-55-57(51,52)54-40-43(48)39-47)56-46(50)38-36-34-32-30-28-25-16-14-12-10-8-6-4-2/h43-44,47-48H,3-42H2,1-2H3,(H,51,52)/t43-,44+/m1/s1. The van der Waals surface area contributed by atoms with Crippen LogP contribution in [-0.2, 0) is 32.7 Å². The number of phosphoric acid groups is 1. The number of hydrogen-bond acceptors (Lipinski definition) is 9. The van der Waals surface area contributed by atoms with Gasteiger partial charge in [-0.3, -0.25) is 18.6 Å². The van der Waals surface area contributed by atoms with Crippen LogP contribution in [0.5, 0.6) is 0 Å². The fourth-order valence-corrected chi connectivity index (χ4v) is 7.84. The van der Waals surface area contributed by atoms with Crippen molar-refractivity contribution in [2.24, 2.45) is 0 Å². The van der Waals surface area contributed by atoms with Crippen LogP contribution in [0.2, 0.25) is 0 Å². The van der Waals surface area contributed by atoms with Crippen LogP contribution in [0.25, 0.3) is 0 Å². The number of unbranched alkanes of at least 4 members (excludes halogenated alkanes) is 32. The molecule has 0 aliphatic carbocycles. The van der Waals surface area contributed by atoms with Crippen LogP contribution in [0.1, 0.15) is 245 Å². The first-order valence-electron chi connectivity index (χ1n) is 24.0. The number of phosphoric ester groups is 1. The van der Waals surface area contributed by atoms with Crippen molar-refractivity contribution in [3.63, 3.8) is 0 Å². The summed E-state index contributed by atoms with van der Waals surface area (Å²) in [6.07, 6.45) is 40.7. The third-order valence-electron chi connectivity index (χ3n) is 10.8. The Kier molecular flexibility index (Phi) is 42.3. The molecule has 0 radical (unpaired) electrons. The number of carbonyl (C=O) groups excluding carboxylic acids is 2. The Morgan fingerprint density at radius 1 is 0.456 bits per heavy atom. The highest BCUT2D eigenvalue weighted by Gasteiger charge is 2.27. The van der Waals surface area contributed by atoms with E-state index in [0.29, 0.717) is 12.8 Å². The Morgan fingerprint density at radius 3 is 1.09 bits per heavy atom. The minimum absolute atomic E-state index is 0.192. The third kappa shape index (κ3) is 42.9. The molecule has 0 aromatic rings. The van der Waals surface area contributed by atoms with Crippen molar-refractivity contribution in [2.45, 2.75) is 257 Å². The molecule has 0 rings (SSSR count). The maximum atomic E-state index is 12.6. The normalized spacial score (nSPS) is 13.7. The fourth-order valence-electron chi connectivity index (χ4n) is 7.05. The van der Waals surface area contributed by atoms with E-state index in [1.165, 1.54) is 173 Å². The molecule has 1 unspecified atom stereocenters. The van der Waals surface area contributed by atoms with Gasteiger partial charge in [-0.1, -0.05) is 219 Å². The molecule has 0 aromatic heterocycles. The van der Waals surface area contributed by atoms with Gasteiger partial charge in [0, 0.05) is 12.8 Å². The van der Waals surface area contributed by atoms with Gasteiger partial charge in [-0.2, -0.15) is 0 Å². The average Bonchev–Trinajstić information content (AvgIpc) is 3.20. The van der Waals surface area contributed by atoms with Gasteiger partial charge in [-0.25, -0.2) is 4.57 Å². The average molecular weight is 835 g/mol. The van der Waals surface area contributed by atoms with Crippen molar-refractivity contribution in [2.75, 3.05) is 26.4 Å². The second-order valence-corrected chi connectivity index (χ2v) is 18.0. The quantitative estimate of drug-likeness (QED) is 0.0307. The third-order valence-corrected chi connectivity index (χ3v) is 11.7. The van der Waals surface area contributed by atoms with Crippen LogP contribution in [-0.4, -0.2) is 65.7 Å². The van der Waals surface area contributed by atoms with Crippen LogP contribution in [0.4, 0.5) is 0 Å². The van der Waals surface area contributed by atoms with Crippen molar-refractivity contribution >= 4 is 19.8 Å². The number of rotatable bonds is 46. The summed E-state index contributed by atoms with van der Waals surface area (Å²) in [6, 6.07) is 0. The van der Waals surface area contributed by atoms with Gasteiger partial charge in [-0.15, -0.1) is 0 Å². The summed E-state index contributed by atoms with van der Waals surface area (Å²) in [7, 11) is -4.61. The molecule has 11 heteroatoms. The van der Waals surface area contributed by atoms with E-state index in [9.17, 15) is 24.2 Å². The van der Waals surface area contributed by atoms with Crippen molar-refractivity contribution in [1.82, 2.24) is 0 Å². The Morgan fingerprint density at radius 2 is 0.754 bits per heavy atom. The molecule has 0 aliphatic rings. The Balaban J connectivity index is 4.12. The first-order chi connectivity index (χ1) is 27.7. The summed E-state index contributed by atoms with van der Waals surface area (Å²) >= 11 is 0. The highest BCUT2D eigenvalue weighted by molar-refractivity contribution is 7.47. The molecule has 0 amide bonds. The molecule has 3 N–H and O–H groups in total. The molecule has 0 bridgehead atoms. The van der Waals surface area contributed by atoms with Gasteiger partial charge in [0.2, 0.25) is 0 Å². The van der Waals surface area contributed by atoms with Crippen LogP contribution in [0.15, 0.2) is 0 Å². The molecule has 340 valence electrons. The Labute approximate surface area is 350 Å². The number of ether oxygens (including phenoxy) is 2. The Hall–Kier alpha value is -1.03. The van der Waals surface area contributed by atoms with E-state index in [2.05, 4.69) is 13.8 Å². The molecule has 0 aromatic carbocycles. The summed E-state index contributed by atoms with van der Waals surface area (Å²) < 4.78 is 32.8. The van der Waals surface area contributed by atoms with E-state index in [1.807, 2.05) is 0 Å². The number of hydrogen-bond donors (Lipinski definition) is 3. The summed E-state index contributed by atoms with van der Waals surface area (Å²) in [6.45, 7) is 2.43. The monoisotopic (exact) mass is 835 g/mol. The summed E-state index contributed by atoms with van der Waals surface area (Å²) in [5, 5.41) is 18.3. The lowest BCUT2D eigenvalue weighted by Crippen LogP contribution is -2.29. The van der Waals surface area contributed by atoms with Gasteiger partial charge in [-0.05, 0) is 12.8 Å². The maximum absolute atomic E-state index is 12.6. The Bertz CT molecular complexity index is 920. The van der Waals surface area contributed by atoms with Crippen LogP contribution < -0.4 is 0 Å². The molecule has 0 aliphatic heterocycles. The number of esters is 2. The van der Waals surface area contributed by atoms with Crippen molar-refractivity contribution in [1.29, 1.82) is 0 Å². The molecule has 0 fully saturated rings. The number of carbonyl (C=O) groups is 2. The first-order valence-corrected chi connectivity index (χ1v) is 25.5. The predicted octanol–water partition coefficient (Wildman–Crippen LogP) is 13.0. The highest BCUT2D eigenvalue weighted by atomic mass is 31.2. The van der Waals surface area contributed by atoms with Gasteiger partial charge in [0.15, 0.2) is 6.10 Å². The van der Waals surface area contributed by atoms with Crippen LogP contribution in [0, 0.1) is 0 Å². The van der Waals surface area contributed by atoms with E-state index in [0.717, 1.165) is 32.1 Å². The summed E-state index contributed by atoms with van der Waals surface area (Å²) in [4.78, 5) is 35.0. The molecule has 0 saturated heterocycles. The van der Waals surface area contributed by atoms with Crippen molar-refractivity contribution < 1.29 is 47.8 Å². The van der Waals surface area contributed by atoms with E-state index in [1.54, 1.807) is 0 Å². The number of aliphatic hydroxyl groups excluding tert-OH is 2. The van der Waals surface area contributed by atoms with Gasteiger partial charge >= 0.3 is 19.8 Å². The van der Waals surface area contributed by atoms with E-state index in [-0.39, 0.29) is 19.4 Å². The fraction of sp³-hybridized carbons (Fsp3) is 0.957. The molecule has 10 nitrogen and oxygen atoms in total. The lowest BCUT2D eigenvalue weighted by Gasteiger charge is -2.20. The van der Waals surface area contributed by atoms with Crippen LogP contribution >= 0.6 is 7.82 Å². The number of aliphatic hydroxyl groups is 2. The maximum Gasteiger partial charge on any atom is 0.472 e. The molecular formula is C46H91O10P. The van der Waals surface area contributed by atoms with Gasteiger partial charge in [0.05, 0.1) is 19.8 Å².